The molecular weight excluding hydrogens is 394 g/mol. The van der Waals surface area contributed by atoms with Gasteiger partial charge in [0, 0.05) is 28.5 Å². The molecule has 0 saturated heterocycles. The van der Waals surface area contributed by atoms with Crippen LogP contribution in [0, 0.1) is 17.6 Å². The zero-order valence-corrected chi connectivity index (χ0v) is 17.2. The molecule has 0 saturated carbocycles. The van der Waals surface area contributed by atoms with Crippen LogP contribution in [0.5, 0.6) is 0 Å². The van der Waals surface area contributed by atoms with E-state index in [0.29, 0.717) is 46.7 Å². The first kappa shape index (κ1) is 21.1. The van der Waals surface area contributed by atoms with Crippen molar-refractivity contribution in [3.8, 4) is 22.5 Å². The van der Waals surface area contributed by atoms with E-state index in [-0.39, 0.29) is 17.0 Å². The van der Waals surface area contributed by atoms with E-state index in [1.165, 1.54) is 12.1 Å². The van der Waals surface area contributed by atoms with E-state index in [0.717, 1.165) is 5.69 Å². The predicted molar refractivity (Wildman–Crippen MR) is 111 cm³/mol. The number of nitrogens with zero attached hydrogens (tertiary/aromatic N) is 2. The van der Waals surface area contributed by atoms with E-state index in [4.69, 9.17) is 16.6 Å². The van der Waals surface area contributed by atoms with Gasteiger partial charge >= 0.3 is 0 Å². The normalized spacial score (nSPS) is 11.1. The molecule has 150 valence electrons. The summed E-state index contributed by atoms with van der Waals surface area (Å²) in [4.78, 5) is 20.3. The summed E-state index contributed by atoms with van der Waals surface area (Å²) in [6.07, 6.45) is 3.26. The Morgan fingerprint density at radius 2 is 1.76 bits per heavy atom. The SMILES string of the molecule is CCc1c(F)cc(-c2ncc(CC(C)C)nc2-c2ccc(C=O)c(Cl)c2)cc1F. The zero-order valence-electron chi connectivity index (χ0n) is 16.5. The van der Waals surface area contributed by atoms with Crippen LogP contribution in [0.3, 0.4) is 0 Å². The second-order valence-corrected chi connectivity index (χ2v) is 7.69. The second-order valence-electron chi connectivity index (χ2n) is 7.28. The van der Waals surface area contributed by atoms with Gasteiger partial charge < -0.3 is 0 Å². The fourth-order valence-electron chi connectivity index (χ4n) is 3.20. The minimum absolute atomic E-state index is 0.0399. The summed E-state index contributed by atoms with van der Waals surface area (Å²) in [5, 5.41) is 0.276. The van der Waals surface area contributed by atoms with Crippen LogP contribution in [0.1, 0.15) is 42.4 Å². The average Bonchev–Trinajstić information content (AvgIpc) is 2.67. The van der Waals surface area contributed by atoms with Gasteiger partial charge in [-0.1, -0.05) is 38.4 Å². The Hall–Kier alpha value is -2.66. The van der Waals surface area contributed by atoms with Gasteiger partial charge in [0.15, 0.2) is 6.29 Å². The van der Waals surface area contributed by atoms with Crippen LogP contribution in [0.25, 0.3) is 22.5 Å². The van der Waals surface area contributed by atoms with Crippen molar-refractivity contribution in [3.05, 3.63) is 70.0 Å². The molecule has 0 aliphatic carbocycles. The predicted octanol–water partition coefficient (Wildman–Crippen LogP) is 6.32. The fraction of sp³-hybridized carbons (Fsp3) is 0.261. The lowest BCUT2D eigenvalue weighted by atomic mass is 10.00. The van der Waals surface area contributed by atoms with Crippen molar-refractivity contribution in [3.63, 3.8) is 0 Å². The Kier molecular flexibility index (Phi) is 6.38. The smallest absolute Gasteiger partial charge is 0.151 e. The topological polar surface area (TPSA) is 42.9 Å². The summed E-state index contributed by atoms with van der Waals surface area (Å²) in [6, 6.07) is 7.46. The lowest BCUT2D eigenvalue weighted by Crippen LogP contribution is -2.03. The van der Waals surface area contributed by atoms with Gasteiger partial charge in [-0.25, -0.2) is 13.8 Å². The molecule has 3 aromatic rings. The van der Waals surface area contributed by atoms with Gasteiger partial charge in [0.2, 0.25) is 0 Å². The largest absolute Gasteiger partial charge is 0.298 e. The van der Waals surface area contributed by atoms with Crippen molar-refractivity contribution >= 4 is 17.9 Å². The molecule has 0 aliphatic rings. The minimum Gasteiger partial charge on any atom is -0.298 e. The maximum Gasteiger partial charge on any atom is 0.151 e. The van der Waals surface area contributed by atoms with E-state index in [1.54, 1.807) is 31.3 Å². The Morgan fingerprint density at radius 1 is 1.07 bits per heavy atom. The van der Waals surface area contributed by atoms with E-state index in [1.807, 2.05) is 0 Å². The maximum atomic E-state index is 14.4. The highest BCUT2D eigenvalue weighted by molar-refractivity contribution is 6.33. The van der Waals surface area contributed by atoms with Crippen LogP contribution in [0.2, 0.25) is 5.02 Å². The summed E-state index contributed by atoms with van der Waals surface area (Å²) in [6.45, 7) is 5.84. The van der Waals surface area contributed by atoms with Crippen LogP contribution in [-0.4, -0.2) is 16.3 Å². The first-order valence-electron chi connectivity index (χ1n) is 9.43. The molecule has 0 N–H and O–H groups in total. The number of aromatic nitrogens is 2. The minimum atomic E-state index is -0.615. The zero-order chi connectivity index (χ0) is 21.1. The number of rotatable bonds is 6. The number of carbonyl (C=O) groups excluding carboxylic acids is 1. The van der Waals surface area contributed by atoms with Crippen molar-refractivity contribution < 1.29 is 13.6 Å². The van der Waals surface area contributed by atoms with E-state index in [9.17, 15) is 13.6 Å². The van der Waals surface area contributed by atoms with Gasteiger partial charge in [-0.15, -0.1) is 0 Å². The quantitative estimate of drug-likeness (QED) is 0.443. The molecule has 0 unspecified atom stereocenters. The fourth-order valence-corrected chi connectivity index (χ4v) is 3.43. The molecule has 0 bridgehead atoms. The summed E-state index contributed by atoms with van der Waals surface area (Å²) in [5.41, 5.74) is 2.89. The van der Waals surface area contributed by atoms with E-state index < -0.39 is 11.6 Å². The van der Waals surface area contributed by atoms with Crippen molar-refractivity contribution in [2.45, 2.75) is 33.6 Å². The molecule has 1 heterocycles. The lowest BCUT2D eigenvalue weighted by Gasteiger charge is -2.13. The van der Waals surface area contributed by atoms with Gasteiger partial charge in [0.05, 0.1) is 22.1 Å². The number of carbonyl (C=O) groups is 1. The number of aldehydes is 1. The maximum absolute atomic E-state index is 14.4. The van der Waals surface area contributed by atoms with Crippen LogP contribution in [0.15, 0.2) is 36.5 Å². The summed E-state index contributed by atoms with van der Waals surface area (Å²) >= 11 is 6.19. The molecule has 0 fully saturated rings. The van der Waals surface area contributed by atoms with Gasteiger partial charge in [-0.2, -0.15) is 0 Å². The van der Waals surface area contributed by atoms with E-state index in [2.05, 4.69) is 18.8 Å². The summed E-state index contributed by atoms with van der Waals surface area (Å²) < 4.78 is 28.8. The lowest BCUT2D eigenvalue weighted by molar-refractivity contribution is 0.112. The summed E-state index contributed by atoms with van der Waals surface area (Å²) in [5.74, 6) is -0.866. The number of halogens is 3. The molecule has 29 heavy (non-hydrogen) atoms. The van der Waals surface area contributed by atoms with Crippen molar-refractivity contribution in [1.82, 2.24) is 9.97 Å². The van der Waals surface area contributed by atoms with E-state index >= 15 is 0 Å². The molecule has 1 aromatic heterocycles. The van der Waals surface area contributed by atoms with Crippen molar-refractivity contribution in [1.29, 1.82) is 0 Å². The van der Waals surface area contributed by atoms with Crippen LogP contribution in [-0.2, 0) is 12.8 Å². The second kappa shape index (κ2) is 8.78. The molecular formula is C23H21ClF2N2O. The third kappa shape index (κ3) is 4.51. The number of hydrogen-bond donors (Lipinski definition) is 0. The number of hydrogen-bond acceptors (Lipinski definition) is 3. The molecule has 3 rings (SSSR count). The molecule has 0 atom stereocenters. The van der Waals surface area contributed by atoms with Gasteiger partial charge in [-0.05, 0) is 43.0 Å². The van der Waals surface area contributed by atoms with Crippen molar-refractivity contribution in [2.24, 2.45) is 5.92 Å². The highest BCUT2D eigenvalue weighted by atomic mass is 35.5. The highest BCUT2D eigenvalue weighted by Gasteiger charge is 2.18. The van der Waals surface area contributed by atoms with Gasteiger partial charge in [0.25, 0.3) is 0 Å². The average molecular weight is 415 g/mol. The molecule has 0 amide bonds. The number of benzene rings is 2. The Balaban J connectivity index is 2.22. The van der Waals surface area contributed by atoms with Crippen molar-refractivity contribution in [2.75, 3.05) is 0 Å². The third-order valence-corrected chi connectivity index (χ3v) is 4.94. The standard InChI is InChI=1S/C23H21ClF2N2O/c1-4-18-20(25)9-16(10-21(18)26)22-23(28-17(11-27-22)7-13(2)3)14-5-6-15(12-29)19(24)8-14/h5-6,8-13H,4,7H2,1-3H3. The first-order chi connectivity index (χ1) is 13.8. The molecule has 2 aromatic carbocycles. The summed E-state index contributed by atoms with van der Waals surface area (Å²) in [7, 11) is 0. The highest BCUT2D eigenvalue weighted by Crippen LogP contribution is 2.33. The van der Waals surface area contributed by atoms with Crippen LogP contribution < -0.4 is 0 Å². The van der Waals surface area contributed by atoms with Gasteiger partial charge in [0.1, 0.15) is 11.6 Å². The Morgan fingerprint density at radius 3 is 2.31 bits per heavy atom. The van der Waals surface area contributed by atoms with Gasteiger partial charge in [-0.3, -0.25) is 9.78 Å². The molecule has 3 nitrogen and oxygen atoms in total. The third-order valence-electron chi connectivity index (χ3n) is 4.61. The molecule has 6 heteroatoms. The van der Waals surface area contributed by atoms with Crippen LogP contribution in [0.4, 0.5) is 8.78 Å². The molecule has 0 aliphatic heterocycles. The molecule has 0 radical (unpaired) electrons. The first-order valence-corrected chi connectivity index (χ1v) is 9.81. The monoisotopic (exact) mass is 414 g/mol. The van der Waals surface area contributed by atoms with Crippen LogP contribution >= 0.6 is 11.6 Å². The molecule has 0 spiro atoms. The Bertz CT molecular complexity index is 1040. The Labute approximate surface area is 173 Å².